The average molecular weight is 390 g/mol. The number of aromatic nitrogens is 1. The van der Waals surface area contributed by atoms with Gasteiger partial charge in [-0.1, -0.05) is 41.4 Å². The number of aryl methyl sites for hydroxylation is 1. The van der Waals surface area contributed by atoms with Crippen LogP contribution in [0.4, 0.5) is 4.79 Å². The summed E-state index contributed by atoms with van der Waals surface area (Å²) in [5.41, 5.74) is 2.30. The van der Waals surface area contributed by atoms with Gasteiger partial charge in [-0.3, -0.25) is 19.3 Å². The molecule has 0 unspecified atom stereocenters. The Balaban J connectivity index is 1.58. The van der Waals surface area contributed by atoms with Gasteiger partial charge in [0.15, 0.2) is 0 Å². The Morgan fingerprint density at radius 3 is 2.69 bits per heavy atom. The fourth-order valence-electron chi connectivity index (χ4n) is 2.38. The van der Waals surface area contributed by atoms with E-state index in [9.17, 15) is 14.4 Å². The molecule has 3 rings (SSSR count). The lowest BCUT2D eigenvalue weighted by Gasteiger charge is -2.12. The maximum absolute atomic E-state index is 12.4. The average Bonchev–Trinajstić information content (AvgIpc) is 3.15. The quantitative estimate of drug-likeness (QED) is 0.767. The number of imide groups is 1. The van der Waals surface area contributed by atoms with Gasteiger partial charge < -0.3 is 10.3 Å². The third kappa shape index (κ3) is 4.17. The number of amides is 3. The molecular weight excluding hydrogens is 374 g/mol. The molecule has 0 bridgehead atoms. The third-order valence-electron chi connectivity index (χ3n) is 3.76. The van der Waals surface area contributed by atoms with Gasteiger partial charge in [0, 0.05) is 19.3 Å². The van der Waals surface area contributed by atoms with Gasteiger partial charge in [-0.25, -0.2) is 0 Å². The summed E-state index contributed by atoms with van der Waals surface area (Å²) in [5.74, 6) is -0.697. The van der Waals surface area contributed by atoms with Crippen molar-refractivity contribution in [3.63, 3.8) is 0 Å². The number of halogens is 1. The number of benzene rings is 1. The molecule has 2 heterocycles. The molecule has 26 heavy (non-hydrogen) atoms. The fraction of sp³-hybridized carbons (Fsp3) is 0.167. The smallest absolute Gasteiger partial charge is 0.293 e. The van der Waals surface area contributed by atoms with Crippen LogP contribution in [0.5, 0.6) is 0 Å². The van der Waals surface area contributed by atoms with Crippen LogP contribution in [0.15, 0.2) is 41.4 Å². The summed E-state index contributed by atoms with van der Waals surface area (Å²) in [6.07, 6.45) is 3.20. The summed E-state index contributed by atoms with van der Waals surface area (Å²) in [5, 5.41) is 2.74. The molecule has 1 aliphatic rings. The van der Waals surface area contributed by atoms with Crippen molar-refractivity contribution in [2.45, 2.75) is 6.92 Å². The van der Waals surface area contributed by atoms with Crippen LogP contribution in [0.25, 0.3) is 6.08 Å². The molecule has 1 fully saturated rings. The Bertz CT molecular complexity index is 889. The summed E-state index contributed by atoms with van der Waals surface area (Å²) < 4.78 is 0. The number of hydrogen-bond acceptors (Lipinski definition) is 4. The molecule has 1 aromatic carbocycles. The minimum atomic E-state index is -0.349. The number of nitrogens with one attached hydrogen (secondary N) is 2. The molecule has 1 saturated heterocycles. The van der Waals surface area contributed by atoms with Crippen LogP contribution in [0, 0.1) is 6.92 Å². The number of thioether (sulfide) groups is 1. The highest BCUT2D eigenvalue weighted by Gasteiger charge is 2.34. The van der Waals surface area contributed by atoms with E-state index in [1.165, 1.54) is 12.3 Å². The molecule has 1 aliphatic heterocycles. The van der Waals surface area contributed by atoms with Crippen LogP contribution in [-0.2, 0) is 4.79 Å². The fourth-order valence-corrected chi connectivity index (χ4v) is 3.41. The Morgan fingerprint density at radius 2 is 2.04 bits per heavy atom. The van der Waals surface area contributed by atoms with Crippen molar-refractivity contribution in [2.75, 3.05) is 13.1 Å². The highest BCUT2D eigenvalue weighted by Crippen LogP contribution is 2.31. The molecule has 6 nitrogen and oxygen atoms in total. The van der Waals surface area contributed by atoms with Crippen molar-refractivity contribution in [3.05, 3.63) is 63.3 Å². The second-order valence-electron chi connectivity index (χ2n) is 5.73. The number of hydrogen-bond donors (Lipinski definition) is 2. The predicted molar refractivity (Wildman–Crippen MR) is 102 cm³/mol. The molecule has 0 aliphatic carbocycles. The number of carbonyl (C=O) groups is 3. The number of nitrogens with zero attached hydrogens (tertiary/aromatic N) is 1. The van der Waals surface area contributed by atoms with Crippen LogP contribution in [0.1, 0.15) is 21.6 Å². The van der Waals surface area contributed by atoms with E-state index in [2.05, 4.69) is 10.3 Å². The van der Waals surface area contributed by atoms with Gasteiger partial charge in [0.1, 0.15) is 5.69 Å². The van der Waals surface area contributed by atoms with Gasteiger partial charge in [0.05, 0.1) is 9.93 Å². The highest BCUT2D eigenvalue weighted by atomic mass is 35.5. The lowest BCUT2D eigenvalue weighted by molar-refractivity contribution is -0.122. The van der Waals surface area contributed by atoms with Gasteiger partial charge in [-0.15, -0.1) is 0 Å². The summed E-state index contributed by atoms with van der Waals surface area (Å²) in [7, 11) is 0. The summed E-state index contributed by atoms with van der Waals surface area (Å²) in [6.45, 7) is 2.24. The Labute approximate surface area is 159 Å². The minimum absolute atomic E-state index is 0.107. The number of aromatic amines is 1. The van der Waals surface area contributed by atoms with Crippen LogP contribution >= 0.6 is 23.4 Å². The first-order chi connectivity index (χ1) is 12.4. The molecule has 0 radical (unpaired) electrons. The van der Waals surface area contributed by atoms with Crippen LogP contribution in [0.3, 0.4) is 0 Å². The van der Waals surface area contributed by atoms with E-state index in [1.54, 1.807) is 6.08 Å². The zero-order valence-corrected chi connectivity index (χ0v) is 15.5. The van der Waals surface area contributed by atoms with E-state index >= 15 is 0 Å². The van der Waals surface area contributed by atoms with Crippen molar-refractivity contribution in [1.82, 2.24) is 15.2 Å². The Kier molecular flexibility index (Phi) is 5.49. The van der Waals surface area contributed by atoms with E-state index in [0.29, 0.717) is 15.6 Å². The highest BCUT2D eigenvalue weighted by molar-refractivity contribution is 8.18. The third-order valence-corrected chi connectivity index (χ3v) is 4.89. The van der Waals surface area contributed by atoms with Gasteiger partial charge >= 0.3 is 0 Å². The standard InChI is InChI=1S/C18H16ClN3O3S/c1-11-2-4-12(5-3-11)8-15-17(24)22(18(25)26-15)7-6-20-16(23)14-9-13(19)10-21-14/h2-5,8-10,21H,6-7H2,1H3,(H,20,23)/b15-8-. The molecular formula is C18H16ClN3O3S. The van der Waals surface area contributed by atoms with Crippen LogP contribution in [0.2, 0.25) is 5.02 Å². The predicted octanol–water partition coefficient (Wildman–Crippen LogP) is 3.44. The van der Waals surface area contributed by atoms with Crippen LogP contribution < -0.4 is 5.32 Å². The van der Waals surface area contributed by atoms with Crippen molar-refractivity contribution in [1.29, 1.82) is 0 Å². The van der Waals surface area contributed by atoms with Gasteiger partial charge in [0.25, 0.3) is 17.1 Å². The Hall–Kier alpha value is -2.51. The lowest BCUT2D eigenvalue weighted by Crippen LogP contribution is -2.37. The zero-order valence-electron chi connectivity index (χ0n) is 13.9. The molecule has 0 spiro atoms. The largest absolute Gasteiger partial charge is 0.356 e. The molecule has 134 valence electrons. The van der Waals surface area contributed by atoms with Gasteiger partial charge in [0.2, 0.25) is 0 Å². The van der Waals surface area contributed by atoms with E-state index in [-0.39, 0.29) is 30.1 Å². The normalized spacial score (nSPS) is 15.8. The number of rotatable bonds is 5. The van der Waals surface area contributed by atoms with E-state index in [1.807, 2.05) is 31.2 Å². The second-order valence-corrected chi connectivity index (χ2v) is 7.16. The summed E-state index contributed by atoms with van der Waals surface area (Å²) in [6, 6.07) is 9.17. The molecule has 0 atom stereocenters. The maximum Gasteiger partial charge on any atom is 0.293 e. The molecule has 2 N–H and O–H groups in total. The molecule has 8 heteroatoms. The molecule has 3 amide bonds. The maximum atomic E-state index is 12.4. The van der Waals surface area contributed by atoms with Gasteiger partial charge in [-0.05, 0) is 36.4 Å². The first-order valence-electron chi connectivity index (χ1n) is 7.88. The number of carbonyl (C=O) groups excluding carboxylic acids is 3. The van der Waals surface area contributed by atoms with E-state index in [0.717, 1.165) is 27.8 Å². The summed E-state index contributed by atoms with van der Waals surface area (Å²) >= 11 is 6.66. The molecule has 2 aromatic rings. The van der Waals surface area contributed by atoms with Crippen molar-refractivity contribution >= 4 is 46.5 Å². The SMILES string of the molecule is Cc1ccc(/C=C2\SC(=O)N(CCNC(=O)c3cc(Cl)c[nH]3)C2=O)cc1. The first-order valence-corrected chi connectivity index (χ1v) is 9.07. The molecule has 0 saturated carbocycles. The topological polar surface area (TPSA) is 82.3 Å². The zero-order chi connectivity index (χ0) is 18.7. The summed E-state index contributed by atoms with van der Waals surface area (Å²) in [4.78, 5) is 40.7. The number of H-pyrrole nitrogens is 1. The van der Waals surface area contributed by atoms with E-state index in [4.69, 9.17) is 11.6 Å². The Morgan fingerprint density at radius 1 is 1.31 bits per heavy atom. The van der Waals surface area contributed by atoms with Crippen LogP contribution in [-0.4, -0.2) is 40.0 Å². The first kappa shape index (κ1) is 18.3. The van der Waals surface area contributed by atoms with Crippen molar-refractivity contribution in [3.8, 4) is 0 Å². The molecule has 1 aromatic heterocycles. The second kappa shape index (κ2) is 7.80. The minimum Gasteiger partial charge on any atom is -0.356 e. The lowest BCUT2D eigenvalue weighted by atomic mass is 10.1. The van der Waals surface area contributed by atoms with Crippen molar-refractivity contribution < 1.29 is 14.4 Å². The van der Waals surface area contributed by atoms with Gasteiger partial charge in [-0.2, -0.15) is 0 Å². The van der Waals surface area contributed by atoms with E-state index < -0.39 is 0 Å². The monoisotopic (exact) mass is 389 g/mol. The van der Waals surface area contributed by atoms with Crippen molar-refractivity contribution in [2.24, 2.45) is 0 Å².